The summed E-state index contributed by atoms with van der Waals surface area (Å²) in [5, 5.41) is 17.2. The Hall–Kier alpha value is -3.90. The molecule has 2 aromatic carbocycles. The van der Waals surface area contributed by atoms with Crippen molar-refractivity contribution in [2.24, 2.45) is 5.92 Å². The number of hydrogen-bond donors (Lipinski definition) is 1. The van der Waals surface area contributed by atoms with Crippen molar-refractivity contribution in [2.75, 3.05) is 18.1 Å². The topological polar surface area (TPSA) is 114 Å². The van der Waals surface area contributed by atoms with E-state index < -0.39 is 21.8 Å². The van der Waals surface area contributed by atoms with Gasteiger partial charge in [-0.15, -0.1) is 0 Å². The Labute approximate surface area is 217 Å². The molecule has 1 atom stereocenters. The summed E-state index contributed by atoms with van der Waals surface area (Å²) in [4.78, 5) is 12.9. The summed E-state index contributed by atoms with van der Waals surface area (Å²) in [7, 11) is -3.16. The second kappa shape index (κ2) is 11.0. The Kier molecular flexibility index (Phi) is 7.79. The number of sulfone groups is 1. The average Bonchev–Trinajstić information content (AvgIpc) is 3.44. The number of nitrogens with zero attached hydrogens (tertiary/aromatic N) is 3. The third kappa shape index (κ3) is 6.46. The molecule has 0 radical (unpaired) electrons. The minimum absolute atomic E-state index is 0.0355. The van der Waals surface area contributed by atoms with Gasteiger partial charge in [-0.1, -0.05) is 32.0 Å². The largest absolute Gasteiger partial charge is 0.493 e. The molecule has 0 spiro atoms. The Morgan fingerprint density at radius 3 is 2.65 bits per heavy atom. The van der Waals surface area contributed by atoms with E-state index in [0.29, 0.717) is 30.2 Å². The molecule has 1 amide bonds. The molecule has 1 fully saturated rings. The lowest BCUT2D eigenvalue weighted by atomic mass is 10.0. The number of carbonyl (C=O) groups excluding carboxylic acids is 1. The molecule has 0 unspecified atom stereocenters. The van der Waals surface area contributed by atoms with Gasteiger partial charge >= 0.3 is 0 Å². The van der Waals surface area contributed by atoms with Crippen molar-refractivity contribution in [3.05, 3.63) is 71.4 Å². The summed E-state index contributed by atoms with van der Waals surface area (Å²) in [6.45, 7) is 6.76. The van der Waals surface area contributed by atoms with Gasteiger partial charge in [0.15, 0.2) is 9.84 Å². The van der Waals surface area contributed by atoms with Crippen molar-refractivity contribution in [3.8, 4) is 28.8 Å². The molecule has 1 aromatic heterocycles. The van der Waals surface area contributed by atoms with Gasteiger partial charge in [-0.05, 0) is 61.2 Å². The number of aryl methyl sites for hydroxylation is 1. The maximum absolute atomic E-state index is 12.9. The van der Waals surface area contributed by atoms with Crippen molar-refractivity contribution in [1.29, 1.82) is 5.26 Å². The van der Waals surface area contributed by atoms with Crippen molar-refractivity contribution in [1.82, 2.24) is 15.1 Å². The van der Waals surface area contributed by atoms with Gasteiger partial charge < -0.3 is 10.1 Å². The lowest BCUT2D eigenvalue weighted by Crippen LogP contribution is -2.36. The van der Waals surface area contributed by atoms with Crippen LogP contribution >= 0.6 is 0 Å². The summed E-state index contributed by atoms with van der Waals surface area (Å²) in [6, 6.07) is 16.8. The summed E-state index contributed by atoms with van der Waals surface area (Å²) in [5.74, 6) is 0.516. The number of ether oxygens (including phenoxy) is 1. The number of aromatic nitrogens is 2. The number of rotatable bonds is 8. The normalized spacial score (nSPS) is 16.9. The highest BCUT2D eigenvalue weighted by Crippen LogP contribution is 2.30. The molecule has 0 aliphatic carbocycles. The quantitative estimate of drug-likeness (QED) is 0.355. The zero-order chi connectivity index (χ0) is 26.6. The number of hydrogen-bond acceptors (Lipinski definition) is 6. The van der Waals surface area contributed by atoms with E-state index in [-0.39, 0.29) is 17.1 Å². The fraction of sp³-hybridized carbons (Fsp3) is 0.321. The molecule has 1 aliphatic rings. The van der Waals surface area contributed by atoms with Gasteiger partial charge in [-0.3, -0.25) is 4.79 Å². The minimum Gasteiger partial charge on any atom is -0.493 e. The first-order chi connectivity index (χ1) is 17.6. The SMILES string of the molecule is Cc1cc(-c2nn(-c3ccccc3)cc2/C=C(\C#N)C(=O)N[C@H]2CCS(=O)(=O)C2)ccc1OCC(C)C. The minimum atomic E-state index is -3.16. The summed E-state index contributed by atoms with van der Waals surface area (Å²) < 4.78 is 31.1. The molecule has 2 heterocycles. The number of para-hydroxylation sites is 1. The number of nitriles is 1. The highest BCUT2D eigenvalue weighted by molar-refractivity contribution is 7.91. The maximum atomic E-state index is 12.9. The Morgan fingerprint density at radius 1 is 1.27 bits per heavy atom. The van der Waals surface area contributed by atoms with Crippen LogP contribution in [0, 0.1) is 24.2 Å². The van der Waals surface area contributed by atoms with E-state index in [9.17, 15) is 18.5 Å². The van der Waals surface area contributed by atoms with Crippen molar-refractivity contribution in [2.45, 2.75) is 33.2 Å². The number of carbonyl (C=O) groups is 1. The van der Waals surface area contributed by atoms with E-state index in [1.54, 1.807) is 10.9 Å². The van der Waals surface area contributed by atoms with Crippen LogP contribution in [0.25, 0.3) is 23.0 Å². The lowest BCUT2D eigenvalue weighted by Gasteiger charge is -2.12. The summed E-state index contributed by atoms with van der Waals surface area (Å²) in [6.07, 6.45) is 3.61. The molecule has 3 aromatic rings. The second-order valence-electron chi connectivity index (χ2n) is 9.64. The lowest BCUT2D eigenvalue weighted by molar-refractivity contribution is -0.117. The fourth-order valence-electron chi connectivity index (χ4n) is 4.12. The predicted molar refractivity (Wildman–Crippen MR) is 143 cm³/mol. The van der Waals surface area contributed by atoms with Crippen molar-refractivity contribution >= 4 is 21.8 Å². The predicted octanol–water partition coefficient (Wildman–Crippen LogP) is 4.09. The highest BCUT2D eigenvalue weighted by Gasteiger charge is 2.29. The van der Waals surface area contributed by atoms with Gasteiger partial charge in [0, 0.05) is 23.4 Å². The number of amides is 1. The van der Waals surface area contributed by atoms with Gasteiger partial charge in [0.1, 0.15) is 23.1 Å². The van der Waals surface area contributed by atoms with E-state index in [1.807, 2.05) is 61.5 Å². The molecule has 1 aliphatic heterocycles. The Bertz CT molecular complexity index is 1470. The molecule has 9 heteroatoms. The molecular formula is C28H30N4O4S. The van der Waals surface area contributed by atoms with E-state index in [4.69, 9.17) is 9.84 Å². The third-order valence-corrected chi connectivity index (χ3v) is 7.78. The van der Waals surface area contributed by atoms with Crippen LogP contribution in [0.5, 0.6) is 5.75 Å². The number of nitrogens with one attached hydrogen (secondary N) is 1. The van der Waals surface area contributed by atoms with Gasteiger partial charge in [0.2, 0.25) is 0 Å². The molecular weight excluding hydrogens is 488 g/mol. The summed E-state index contributed by atoms with van der Waals surface area (Å²) >= 11 is 0. The molecule has 0 saturated carbocycles. The fourth-order valence-corrected chi connectivity index (χ4v) is 5.79. The van der Waals surface area contributed by atoms with Crippen LogP contribution < -0.4 is 10.1 Å². The first-order valence-corrected chi connectivity index (χ1v) is 14.0. The smallest absolute Gasteiger partial charge is 0.262 e. The molecule has 4 rings (SSSR count). The monoisotopic (exact) mass is 518 g/mol. The maximum Gasteiger partial charge on any atom is 0.262 e. The molecule has 192 valence electrons. The van der Waals surface area contributed by atoms with Crippen LogP contribution in [0.2, 0.25) is 0 Å². The van der Waals surface area contributed by atoms with Crippen LogP contribution in [0.4, 0.5) is 0 Å². The Balaban J connectivity index is 1.70. The van der Waals surface area contributed by atoms with E-state index >= 15 is 0 Å². The van der Waals surface area contributed by atoms with Crippen molar-refractivity contribution in [3.63, 3.8) is 0 Å². The number of benzene rings is 2. The zero-order valence-corrected chi connectivity index (χ0v) is 22.0. The highest BCUT2D eigenvalue weighted by atomic mass is 32.2. The van der Waals surface area contributed by atoms with Gasteiger partial charge in [-0.25, -0.2) is 13.1 Å². The zero-order valence-electron chi connectivity index (χ0n) is 21.1. The van der Waals surface area contributed by atoms with Crippen molar-refractivity contribution < 1.29 is 17.9 Å². The second-order valence-corrected chi connectivity index (χ2v) is 11.9. The van der Waals surface area contributed by atoms with Gasteiger partial charge in [0.05, 0.1) is 23.8 Å². The summed E-state index contributed by atoms with van der Waals surface area (Å²) in [5.41, 5.74) is 3.66. The van der Waals surface area contributed by atoms with E-state index in [2.05, 4.69) is 19.2 Å². The van der Waals surface area contributed by atoms with Crippen LogP contribution in [-0.2, 0) is 14.6 Å². The van der Waals surface area contributed by atoms with E-state index in [0.717, 1.165) is 22.6 Å². The Morgan fingerprint density at radius 2 is 2.03 bits per heavy atom. The standard InChI is InChI=1S/C28H30N4O4S/c1-19(2)17-36-26-10-9-21(13-20(26)3)27-23(16-32(31-27)25-7-5-4-6-8-25)14-22(15-29)28(33)30-24-11-12-37(34,35)18-24/h4-10,13-14,16,19,24H,11-12,17-18H2,1-3H3,(H,30,33)/b22-14+/t24-/m0/s1. The van der Waals surface area contributed by atoms with Gasteiger partial charge in [0.25, 0.3) is 5.91 Å². The molecule has 1 saturated heterocycles. The van der Waals surface area contributed by atoms with E-state index in [1.165, 1.54) is 6.08 Å². The molecule has 0 bridgehead atoms. The molecule has 37 heavy (non-hydrogen) atoms. The van der Waals surface area contributed by atoms with Crippen LogP contribution in [0.3, 0.4) is 0 Å². The van der Waals surface area contributed by atoms with Crippen LogP contribution in [-0.4, -0.2) is 48.3 Å². The average molecular weight is 519 g/mol. The first-order valence-electron chi connectivity index (χ1n) is 12.2. The first kappa shape index (κ1) is 26.2. The van der Waals surface area contributed by atoms with Crippen LogP contribution in [0.1, 0.15) is 31.4 Å². The van der Waals surface area contributed by atoms with Gasteiger partial charge in [-0.2, -0.15) is 10.4 Å². The van der Waals surface area contributed by atoms with Crippen LogP contribution in [0.15, 0.2) is 60.3 Å². The third-order valence-electron chi connectivity index (χ3n) is 6.02. The molecule has 1 N–H and O–H groups in total. The molecule has 8 nitrogen and oxygen atoms in total.